The van der Waals surface area contributed by atoms with Crippen molar-refractivity contribution in [2.75, 3.05) is 5.32 Å². The molecule has 0 bridgehead atoms. The number of amides is 1. The fraction of sp³-hybridized carbons (Fsp3) is 0.200. The Morgan fingerprint density at radius 3 is 2.63 bits per heavy atom. The Kier molecular flexibility index (Phi) is 3.80. The fourth-order valence-electron chi connectivity index (χ4n) is 1.80. The predicted molar refractivity (Wildman–Crippen MR) is 75.2 cm³/mol. The first-order valence-electron chi connectivity index (χ1n) is 6.09. The highest BCUT2D eigenvalue weighted by Crippen LogP contribution is 2.12. The van der Waals surface area contributed by atoms with E-state index in [0.29, 0.717) is 0 Å². The number of carbonyl (C=O) groups is 1. The lowest BCUT2D eigenvalue weighted by Crippen LogP contribution is -2.27. The maximum atomic E-state index is 11.9. The summed E-state index contributed by atoms with van der Waals surface area (Å²) in [7, 11) is 0. The lowest BCUT2D eigenvalue weighted by atomic mass is 10.2. The van der Waals surface area contributed by atoms with Crippen LogP contribution < -0.4 is 10.9 Å². The molecule has 0 radical (unpaired) electrons. The summed E-state index contributed by atoms with van der Waals surface area (Å²) in [5, 5.41) is 2.80. The van der Waals surface area contributed by atoms with E-state index >= 15 is 0 Å². The lowest BCUT2D eigenvalue weighted by molar-refractivity contribution is -0.116. The van der Waals surface area contributed by atoms with Gasteiger partial charge in [0.15, 0.2) is 0 Å². The third-order valence-corrected chi connectivity index (χ3v) is 2.88. The van der Waals surface area contributed by atoms with Gasteiger partial charge in [-0.25, -0.2) is 0 Å². The van der Waals surface area contributed by atoms with Gasteiger partial charge in [-0.05, 0) is 37.1 Å². The average molecular weight is 256 g/mol. The van der Waals surface area contributed by atoms with E-state index in [0.717, 1.165) is 16.8 Å². The normalized spacial score (nSPS) is 10.2. The van der Waals surface area contributed by atoms with Crippen LogP contribution in [0.2, 0.25) is 0 Å². The zero-order valence-electron chi connectivity index (χ0n) is 11.0. The summed E-state index contributed by atoms with van der Waals surface area (Å²) in [5.74, 6) is -0.208. The predicted octanol–water partition coefficient (Wildman–Crippen LogP) is 2.10. The van der Waals surface area contributed by atoms with E-state index in [2.05, 4.69) is 5.32 Å². The summed E-state index contributed by atoms with van der Waals surface area (Å²) < 4.78 is 1.39. The van der Waals surface area contributed by atoms with E-state index in [-0.39, 0.29) is 18.0 Å². The van der Waals surface area contributed by atoms with Crippen molar-refractivity contribution in [3.05, 3.63) is 64.1 Å². The molecule has 19 heavy (non-hydrogen) atoms. The van der Waals surface area contributed by atoms with E-state index in [1.807, 2.05) is 44.2 Å². The number of aromatic nitrogens is 1. The monoisotopic (exact) mass is 256 g/mol. The van der Waals surface area contributed by atoms with Crippen LogP contribution in [0.1, 0.15) is 11.1 Å². The number of rotatable bonds is 3. The molecule has 0 unspecified atom stereocenters. The first kappa shape index (κ1) is 13.1. The molecule has 1 heterocycles. The molecule has 0 aliphatic heterocycles. The quantitative estimate of drug-likeness (QED) is 0.914. The summed E-state index contributed by atoms with van der Waals surface area (Å²) in [6, 6.07) is 10.9. The molecule has 4 nitrogen and oxygen atoms in total. The highest BCUT2D eigenvalue weighted by molar-refractivity contribution is 5.91. The van der Waals surface area contributed by atoms with E-state index in [9.17, 15) is 9.59 Å². The zero-order valence-corrected chi connectivity index (χ0v) is 11.0. The van der Waals surface area contributed by atoms with Crippen LogP contribution in [0.3, 0.4) is 0 Å². The number of aryl methyl sites for hydroxylation is 2. The number of benzene rings is 1. The molecule has 0 fully saturated rings. The Morgan fingerprint density at radius 1 is 1.21 bits per heavy atom. The van der Waals surface area contributed by atoms with Crippen molar-refractivity contribution in [1.82, 2.24) is 4.57 Å². The molecule has 2 rings (SSSR count). The highest BCUT2D eigenvalue weighted by Gasteiger charge is 2.06. The number of nitrogens with one attached hydrogen (secondary N) is 1. The number of carbonyl (C=O) groups excluding carboxylic acids is 1. The lowest BCUT2D eigenvalue weighted by Gasteiger charge is -2.09. The first-order valence-corrected chi connectivity index (χ1v) is 6.09. The first-order chi connectivity index (χ1) is 9.06. The molecule has 0 saturated carbocycles. The van der Waals surface area contributed by atoms with Gasteiger partial charge in [0.25, 0.3) is 5.56 Å². The Hall–Kier alpha value is -2.36. The second-order valence-corrected chi connectivity index (χ2v) is 4.53. The van der Waals surface area contributed by atoms with Gasteiger partial charge in [0.1, 0.15) is 6.54 Å². The molecule has 0 aliphatic carbocycles. The third kappa shape index (κ3) is 3.31. The van der Waals surface area contributed by atoms with Crippen LogP contribution in [0.4, 0.5) is 5.69 Å². The van der Waals surface area contributed by atoms with Gasteiger partial charge in [-0.15, -0.1) is 0 Å². The van der Waals surface area contributed by atoms with E-state index in [4.69, 9.17) is 0 Å². The number of anilines is 1. The maximum absolute atomic E-state index is 11.9. The average Bonchev–Trinajstić information content (AvgIpc) is 2.36. The Bertz CT molecular complexity index is 659. The van der Waals surface area contributed by atoms with Crippen LogP contribution in [0, 0.1) is 13.8 Å². The summed E-state index contributed by atoms with van der Waals surface area (Å²) >= 11 is 0. The highest BCUT2D eigenvalue weighted by atomic mass is 16.2. The van der Waals surface area contributed by atoms with Crippen LogP contribution in [0.5, 0.6) is 0 Å². The van der Waals surface area contributed by atoms with Crippen LogP contribution in [0.25, 0.3) is 0 Å². The van der Waals surface area contributed by atoms with Gasteiger partial charge < -0.3 is 9.88 Å². The number of para-hydroxylation sites is 1. The van der Waals surface area contributed by atoms with Crippen molar-refractivity contribution >= 4 is 11.6 Å². The zero-order chi connectivity index (χ0) is 13.8. The second-order valence-electron chi connectivity index (χ2n) is 4.53. The van der Waals surface area contributed by atoms with Crippen molar-refractivity contribution < 1.29 is 4.79 Å². The number of nitrogens with zero attached hydrogens (tertiary/aromatic N) is 1. The minimum Gasteiger partial charge on any atom is -0.324 e. The molecule has 2 aromatic rings. The third-order valence-electron chi connectivity index (χ3n) is 2.88. The largest absolute Gasteiger partial charge is 0.324 e. The SMILES string of the molecule is Cc1ccn(CC(=O)Nc2ccccc2C)c(=O)c1. The van der Waals surface area contributed by atoms with Crippen LogP contribution in [0.15, 0.2) is 47.4 Å². The summed E-state index contributed by atoms with van der Waals surface area (Å²) in [5.41, 5.74) is 2.49. The van der Waals surface area contributed by atoms with Crippen LogP contribution in [-0.2, 0) is 11.3 Å². The van der Waals surface area contributed by atoms with E-state index < -0.39 is 0 Å². The molecule has 1 aromatic carbocycles. The molecule has 1 amide bonds. The van der Waals surface area contributed by atoms with Gasteiger partial charge in [-0.3, -0.25) is 9.59 Å². The van der Waals surface area contributed by atoms with Gasteiger partial charge in [-0.1, -0.05) is 18.2 Å². The molecule has 4 heteroatoms. The van der Waals surface area contributed by atoms with Crippen molar-refractivity contribution in [3.63, 3.8) is 0 Å². The molecule has 0 spiro atoms. The molecule has 1 N–H and O–H groups in total. The number of hydrogen-bond donors (Lipinski definition) is 1. The van der Waals surface area contributed by atoms with Gasteiger partial charge >= 0.3 is 0 Å². The minimum atomic E-state index is -0.208. The van der Waals surface area contributed by atoms with E-state index in [1.54, 1.807) is 6.20 Å². The van der Waals surface area contributed by atoms with Crippen molar-refractivity contribution in [3.8, 4) is 0 Å². The van der Waals surface area contributed by atoms with Gasteiger partial charge in [0.05, 0.1) is 0 Å². The molecule has 0 aliphatic rings. The molecular weight excluding hydrogens is 240 g/mol. The van der Waals surface area contributed by atoms with Gasteiger partial charge in [-0.2, -0.15) is 0 Å². The molecule has 1 aromatic heterocycles. The topological polar surface area (TPSA) is 51.1 Å². The fourth-order valence-corrected chi connectivity index (χ4v) is 1.80. The standard InChI is InChI=1S/C15H16N2O2/c1-11-7-8-17(15(19)9-11)10-14(18)16-13-6-4-3-5-12(13)2/h3-9H,10H2,1-2H3,(H,16,18). The van der Waals surface area contributed by atoms with Crippen molar-refractivity contribution in [2.24, 2.45) is 0 Å². The molecule has 98 valence electrons. The smallest absolute Gasteiger partial charge is 0.251 e. The Balaban J connectivity index is 2.10. The minimum absolute atomic E-state index is 0.0213. The van der Waals surface area contributed by atoms with Crippen molar-refractivity contribution in [2.45, 2.75) is 20.4 Å². The number of hydrogen-bond acceptors (Lipinski definition) is 2. The van der Waals surface area contributed by atoms with E-state index in [1.165, 1.54) is 10.6 Å². The molecular formula is C15H16N2O2. The summed E-state index contributed by atoms with van der Waals surface area (Å²) in [6.07, 6.45) is 1.63. The second kappa shape index (κ2) is 5.52. The van der Waals surface area contributed by atoms with Gasteiger partial charge in [0, 0.05) is 18.0 Å². The van der Waals surface area contributed by atoms with Crippen LogP contribution >= 0.6 is 0 Å². The van der Waals surface area contributed by atoms with Crippen molar-refractivity contribution in [1.29, 1.82) is 0 Å². The summed E-state index contributed by atoms with van der Waals surface area (Å²) in [4.78, 5) is 23.6. The molecule has 0 saturated heterocycles. The molecule has 0 atom stereocenters. The summed E-state index contributed by atoms with van der Waals surface area (Å²) in [6.45, 7) is 3.79. The van der Waals surface area contributed by atoms with Crippen LogP contribution in [-0.4, -0.2) is 10.5 Å². The Morgan fingerprint density at radius 2 is 1.95 bits per heavy atom. The number of pyridine rings is 1. The Labute approximate surface area is 111 Å². The van der Waals surface area contributed by atoms with Gasteiger partial charge in [0.2, 0.25) is 5.91 Å². The maximum Gasteiger partial charge on any atom is 0.251 e.